The fourth-order valence-corrected chi connectivity index (χ4v) is 3.02. The van der Waals surface area contributed by atoms with Gasteiger partial charge in [0.25, 0.3) is 0 Å². The molecule has 1 aliphatic rings. The molecule has 29 heavy (non-hydrogen) atoms. The van der Waals surface area contributed by atoms with E-state index in [2.05, 4.69) is 22.2 Å². The van der Waals surface area contributed by atoms with Crippen LogP contribution in [0.2, 0.25) is 0 Å². The lowest BCUT2D eigenvalue weighted by Gasteiger charge is -2.21. The molecule has 0 saturated carbocycles. The van der Waals surface area contributed by atoms with Crippen molar-refractivity contribution in [2.24, 2.45) is 16.8 Å². The minimum atomic E-state index is -4.36. The molecule has 0 spiro atoms. The number of hydrogen-bond donors (Lipinski definition) is 1. The Balaban J connectivity index is 0.00000420. The topological polar surface area (TPSA) is 53.9 Å². The van der Waals surface area contributed by atoms with Crippen molar-refractivity contribution in [2.45, 2.75) is 20.0 Å². The fraction of sp³-hybridized carbons (Fsp3) is 0.500. The summed E-state index contributed by atoms with van der Waals surface area (Å²) in [6.07, 6.45) is -4.36. The number of alkyl halides is 3. The van der Waals surface area contributed by atoms with Gasteiger partial charge in [-0.3, -0.25) is 4.79 Å². The molecule has 1 aromatic rings. The highest BCUT2D eigenvalue weighted by Gasteiger charge is 2.36. The molecule has 1 aromatic carbocycles. The Bertz CT molecular complexity index is 770. The van der Waals surface area contributed by atoms with E-state index >= 15 is 0 Å². The number of rotatable bonds is 3. The summed E-state index contributed by atoms with van der Waals surface area (Å²) in [5.41, 5.74) is -0.206. The van der Waals surface area contributed by atoms with Crippen molar-refractivity contribution >= 4 is 35.9 Å². The van der Waals surface area contributed by atoms with Crippen molar-refractivity contribution in [2.75, 3.05) is 33.3 Å². The van der Waals surface area contributed by atoms with E-state index in [0.29, 0.717) is 31.2 Å². The van der Waals surface area contributed by atoms with Gasteiger partial charge in [-0.2, -0.15) is 13.2 Å². The predicted molar refractivity (Wildman–Crippen MR) is 116 cm³/mol. The predicted octanol–water partition coefficient (Wildman–Crippen LogP) is 3.38. The number of methoxy groups -OCH3 is 1. The number of carbonyl (C=O) groups is 1. The van der Waals surface area contributed by atoms with Crippen molar-refractivity contribution in [3.8, 4) is 11.8 Å². The number of nitrogens with zero attached hydrogens (tertiary/aromatic N) is 2. The summed E-state index contributed by atoms with van der Waals surface area (Å²) in [4.78, 5) is 18.3. The molecule has 1 fully saturated rings. The SMILES string of the molecule is CCNC(=NCC#Cc1ccc(C(F)(F)F)cc1)N1CC(C)C(C(=O)OC)C1.I. The maximum atomic E-state index is 12.6. The lowest BCUT2D eigenvalue weighted by Crippen LogP contribution is -2.40. The van der Waals surface area contributed by atoms with E-state index in [-0.39, 0.29) is 48.3 Å². The van der Waals surface area contributed by atoms with Crippen LogP contribution in [0.1, 0.15) is 25.0 Å². The normalized spacial score (nSPS) is 19.1. The Morgan fingerprint density at radius 2 is 1.97 bits per heavy atom. The average Bonchev–Trinajstić information content (AvgIpc) is 3.05. The lowest BCUT2D eigenvalue weighted by atomic mass is 9.99. The van der Waals surface area contributed by atoms with Crippen molar-refractivity contribution in [3.63, 3.8) is 0 Å². The van der Waals surface area contributed by atoms with Crippen LogP contribution < -0.4 is 5.32 Å². The smallest absolute Gasteiger partial charge is 0.416 e. The van der Waals surface area contributed by atoms with Crippen LogP contribution in [0.3, 0.4) is 0 Å². The summed E-state index contributed by atoms with van der Waals surface area (Å²) in [6, 6.07) is 4.70. The van der Waals surface area contributed by atoms with Crippen LogP contribution in [-0.4, -0.2) is 50.1 Å². The maximum Gasteiger partial charge on any atom is 0.416 e. The van der Waals surface area contributed by atoms with Gasteiger partial charge in [-0.1, -0.05) is 18.8 Å². The lowest BCUT2D eigenvalue weighted by molar-refractivity contribution is -0.146. The summed E-state index contributed by atoms with van der Waals surface area (Å²) in [5, 5.41) is 3.18. The monoisotopic (exact) mass is 523 g/mol. The van der Waals surface area contributed by atoms with Crippen molar-refractivity contribution in [3.05, 3.63) is 35.4 Å². The van der Waals surface area contributed by atoms with Crippen molar-refractivity contribution in [1.82, 2.24) is 10.2 Å². The first-order chi connectivity index (χ1) is 13.3. The van der Waals surface area contributed by atoms with Crippen LogP contribution in [0.5, 0.6) is 0 Å². The third-order valence-corrected chi connectivity index (χ3v) is 4.50. The summed E-state index contributed by atoms with van der Waals surface area (Å²) < 4.78 is 42.6. The summed E-state index contributed by atoms with van der Waals surface area (Å²) in [7, 11) is 1.38. The maximum absolute atomic E-state index is 12.6. The van der Waals surface area contributed by atoms with Gasteiger partial charge in [0.2, 0.25) is 0 Å². The van der Waals surface area contributed by atoms with Crippen LogP contribution in [0.4, 0.5) is 13.2 Å². The van der Waals surface area contributed by atoms with Gasteiger partial charge >= 0.3 is 12.1 Å². The molecule has 160 valence electrons. The number of esters is 1. The molecule has 1 N–H and O–H groups in total. The van der Waals surface area contributed by atoms with Gasteiger partial charge in [-0.25, -0.2) is 4.99 Å². The summed E-state index contributed by atoms with van der Waals surface area (Å²) in [5.74, 6) is 6.04. The summed E-state index contributed by atoms with van der Waals surface area (Å²) in [6.45, 7) is 6.00. The number of benzene rings is 1. The van der Waals surface area contributed by atoms with Crippen LogP contribution in [-0.2, 0) is 15.7 Å². The van der Waals surface area contributed by atoms with Gasteiger partial charge in [0, 0.05) is 25.2 Å². The first-order valence-corrected chi connectivity index (χ1v) is 9.03. The molecule has 1 heterocycles. The van der Waals surface area contributed by atoms with Crippen LogP contribution in [0.15, 0.2) is 29.3 Å². The second-order valence-corrected chi connectivity index (χ2v) is 6.56. The van der Waals surface area contributed by atoms with Crippen molar-refractivity contribution in [1.29, 1.82) is 0 Å². The van der Waals surface area contributed by atoms with E-state index in [4.69, 9.17) is 4.74 Å². The van der Waals surface area contributed by atoms with E-state index < -0.39 is 11.7 Å². The molecule has 5 nitrogen and oxygen atoms in total. The van der Waals surface area contributed by atoms with Gasteiger partial charge in [0.05, 0.1) is 18.6 Å². The van der Waals surface area contributed by atoms with E-state index in [1.165, 1.54) is 19.2 Å². The van der Waals surface area contributed by atoms with E-state index in [0.717, 1.165) is 12.1 Å². The molecular weight excluding hydrogens is 498 g/mol. The zero-order chi connectivity index (χ0) is 20.7. The van der Waals surface area contributed by atoms with Gasteiger partial charge in [0.1, 0.15) is 6.54 Å². The number of nitrogens with one attached hydrogen (secondary N) is 1. The molecule has 0 aromatic heterocycles. The highest BCUT2D eigenvalue weighted by molar-refractivity contribution is 14.0. The molecule has 0 amide bonds. The van der Waals surface area contributed by atoms with E-state index in [1.54, 1.807) is 0 Å². The van der Waals surface area contributed by atoms with Crippen LogP contribution >= 0.6 is 24.0 Å². The summed E-state index contributed by atoms with van der Waals surface area (Å²) >= 11 is 0. The number of halogens is 4. The van der Waals surface area contributed by atoms with Crippen LogP contribution in [0.25, 0.3) is 0 Å². The second-order valence-electron chi connectivity index (χ2n) is 6.56. The largest absolute Gasteiger partial charge is 0.469 e. The Hall–Kier alpha value is -1.96. The Labute approximate surface area is 186 Å². The zero-order valence-electron chi connectivity index (χ0n) is 16.5. The molecule has 0 bridgehead atoms. The second kappa shape index (κ2) is 11.3. The van der Waals surface area contributed by atoms with Gasteiger partial charge in [0.15, 0.2) is 5.96 Å². The molecule has 2 rings (SSSR count). The third kappa shape index (κ3) is 7.10. The van der Waals surface area contributed by atoms with Gasteiger partial charge in [-0.05, 0) is 37.1 Å². The molecule has 2 atom stereocenters. The molecule has 9 heteroatoms. The quantitative estimate of drug-likeness (QED) is 0.217. The number of hydrogen-bond acceptors (Lipinski definition) is 3. The fourth-order valence-electron chi connectivity index (χ4n) is 3.02. The molecule has 0 aliphatic carbocycles. The molecule has 1 saturated heterocycles. The Morgan fingerprint density at radius 1 is 1.31 bits per heavy atom. The minimum absolute atomic E-state index is 0. The standard InChI is InChI=1S/C20H24F3N3O2.HI/c1-4-24-19(26-12-14(2)17(13-26)18(27)28-3)25-11-5-6-15-7-9-16(10-8-15)20(21,22)23;/h7-10,14,17H,4,11-13H2,1-3H3,(H,24,25);1H. The molecule has 0 radical (unpaired) electrons. The van der Waals surface area contributed by atoms with Gasteiger partial charge in [-0.15, -0.1) is 24.0 Å². The van der Waals surface area contributed by atoms with Gasteiger partial charge < -0.3 is 15.0 Å². The number of aliphatic imine (C=N–C) groups is 1. The molecule has 2 unspecified atom stereocenters. The minimum Gasteiger partial charge on any atom is -0.469 e. The van der Waals surface area contributed by atoms with Crippen LogP contribution in [0, 0.1) is 23.7 Å². The highest BCUT2D eigenvalue weighted by atomic mass is 127. The average molecular weight is 523 g/mol. The number of likely N-dealkylation sites (tertiary alicyclic amines) is 1. The first-order valence-electron chi connectivity index (χ1n) is 9.03. The van der Waals surface area contributed by atoms with E-state index in [1.807, 2.05) is 18.7 Å². The number of guanidine groups is 1. The number of ether oxygens (including phenoxy) is 1. The third-order valence-electron chi connectivity index (χ3n) is 4.50. The van der Waals surface area contributed by atoms with E-state index in [9.17, 15) is 18.0 Å². The van der Waals surface area contributed by atoms with Crippen molar-refractivity contribution < 1.29 is 22.7 Å². The highest BCUT2D eigenvalue weighted by Crippen LogP contribution is 2.29. The Morgan fingerprint density at radius 3 is 2.52 bits per heavy atom. The molecular formula is C20H25F3IN3O2. The number of carbonyl (C=O) groups excluding carboxylic acids is 1. The molecule has 1 aliphatic heterocycles. The zero-order valence-corrected chi connectivity index (χ0v) is 18.9. The Kier molecular flexibility index (Phi) is 9.76. The first kappa shape index (κ1) is 25.1.